The average molecular weight is 357 g/mol. The Labute approximate surface area is 151 Å². The fourth-order valence-electron chi connectivity index (χ4n) is 3.36. The van der Waals surface area contributed by atoms with Crippen LogP contribution in [-0.2, 0) is 12.1 Å². The summed E-state index contributed by atoms with van der Waals surface area (Å²) in [5, 5.41) is 23.6. The van der Waals surface area contributed by atoms with E-state index in [1.807, 2.05) is 38.2 Å². The molecule has 0 bridgehead atoms. The van der Waals surface area contributed by atoms with Crippen molar-refractivity contribution in [2.45, 2.75) is 44.9 Å². The molecular weight excluding hydrogens is 334 g/mol. The van der Waals surface area contributed by atoms with E-state index in [0.29, 0.717) is 36.7 Å². The van der Waals surface area contributed by atoms with E-state index in [1.165, 1.54) is 0 Å². The van der Waals surface area contributed by atoms with Crippen LogP contribution in [0.5, 0.6) is 0 Å². The van der Waals surface area contributed by atoms with Crippen molar-refractivity contribution in [2.75, 3.05) is 13.1 Å². The minimum atomic E-state index is -0.987. The van der Waals surface area contributed by atoms with Gasteiger partial charge in [-0.2, -0.15) is 0 Å². The number of aromatic nitrogens is 4. The lowest BCUT2D eigenvalue weighted by Gasteiger charge is -2.37. The van der Waals surface area contributed by atoms with Gasteiger partial charge < -0.3 is 14.0 Å². The third kappa shape index (κ3) is 3.30. The molecule has 1 aliphatic heterocycles. The van der Waals surface area contributed by atoms with Crippen LogP contribution in [0.3, 0.4) is 0 Å². The van der Waals surface area contributed by atoms with Crippen LogP contribution in [-0.4, -0.2) is 43.2 Å². The van der Waals surface area contributed by atoms with E-state index >= 15 is 0 Å². The lowest BCUT2D eigenvalue weighted by Crippen LogP contribution is -2.46. The van der Waals surface area contributed by atoms with Crippen molar-refractivity contribution < 1.29 is 14.0 Å². The number of piperidine rings is 1. The van der Waals surface area contributed by atoms with Crippen molar-refractivity contribution >= 4 is 0 Å². The normalized spacial score (nSPS) is 21.5. The number of β-amino-alcohol motifs (C(OH)–C–C–N with tert-alkyl or cyclic N) is 1. The molecule has 0 amide bonds. The first-order valence-corrected chi connectivity index (χ1v) is 8.90. The number of rotatable bonds is 5. The van der Waals surface area contributed by atoms with Gasteiger partial charge in [0.15, 0.2) is 5.76 Å². The highest BCUT2D eigenvalue weighted by atomic mass is 16.5. The molecule has 8 heteroatoms. The molecule has 0 aromatic carbocycles. The summed E-state index contributed by atoms with van der Waals surface area (Å²) in [7, 11) is 0. The van der Waals surface area contributed by atoms with Gasteiger partial charge in [0.25, 0.3) is 0 Å². The van der Waals surface area contributed by atoms with Crippen LogP contribution < -0.4 is 0 Å². The van der Waals surface area contributed by atoms with Crippen molar-refractivity contribution in [1.29, 1.82) is 0 Å². The number of hydrogen-bond donors (Lipinski definition) is 1. The maximum absolute atomic E-state index is 11.1. The van der Waals surface area contributed by atoms with E-state index in [-0.39, 0.29) is 6.04 Å². The Morgan fingerprint density at radius 1 is 1.35 bits per heavy atom. The lowest BCUT2D eigenvalue weighted by atomic mass is 9.90. The summed E-state index contributed by atoms with van der Waals surface area (Å²) in [5.41, 5.74) is 0.456. The van der Waals surface area contributed by atoms with Crippen molar-refractivity contribution in [1.82, 2.24) is 25.1 Å². The van der Waals surface area contributed by atoms with Gasteiger partial charge in [-0.15, -0.1) is 5.10 Å². The first kappa shape index (κ1) is 17.0. The lowest BCUT2D eigenvalue weighted by molar-refractivity contribution is -0.0419. The van der Waals surface area contributed by atoms with Gasteiger partial charge in [0.05, 0.1) is 18.2 Å². The van der Waals surface area contributed by atoms with Crippen LogP contribution in [0.15, 0.2) is 39.6 Å². The highest BCUT2D eigenvalue weighted by Crippen LogP contribution is 2.31. The van der Waals surface area contributed by atoms with Crippen LogP contribution in [0.4, 0.5) is 0 Å². The average Bonchev–Trinajstić information content (AvgIpc) is 3.36. The molecule has 1 atom stereocenters. The molecule has 26 heavy (non-hydrogen) atoms. The van der Waals surface area contributed by atoms with E-state index in [1.54, 1.807) is 10.9 Å². The zero-order chi connectivity index (χ0) is 18.1. The Morgan fingerprint density at radius 3 is 2.96 bits per heavy atom. The van der Waals surface area contributed by atoms with Gasteiger partial charge in [0.2, 0.25) is 5.76 Å². The van der Waals surface area contributed by atoms with E-state index in [0.717, 1.165) is 18.7 Å². The first-order valence-electron chi connectivity index (χ1n) is 8.90. The SMILES string of the molecule is CC(C)n1cc(C2(O)CCCN(Cc3cc(-c4ccco4)on3)C2)nn1. The van der Waals surface area contributed by atoms with Gasteiger partial charge in [-0.3, -0.25) is 4.90 Å². The standard InChI is InChI=1S/C18H23N5O3/c1-13(2)23-11-17(19-21-23)18(24)6-4-7-22(12-18)10-14-9-16(26-20-14)15-5-3-8-25-15/h3,5,8-9,11,13,24H,4,6-7,10,12H2,1-2H3. The maximum Gasteiger partial charge on any atom is 0.202 e. The van der Waals surface area contributed by atoms with Gasteiger partial charge in [0, 0.05) is 25.2 Å². The number of aliphatic hydroxyl groups is 1. The number of likely N-dealkylation sites (tertiary alicyclic amines) is 1. The molecule has 3 aromatic rings. The summed E-state index contributed by atoms with van der Waals surface area (Å²) in [6, 6.07) is 5.74. The number of nitrogens with zero attached hydrogens (tertiary/aromatic N) is 5. The molecule has 0 saturated carbocycles. The van der Waals surface area contributed by atoms with Crippen molar-refractivity contribution in [2.24, 2.45) is 0 Å². The number of hydrogen-bond acceptors (Lipinski definition) is 7. The molecule has 0 spiro atoms. The predicted molar refractivity (Wildman–Crippen MR) is 93.0 cm³/mol. The largest absolute Gasteiger partial charge is 0.461 e. The summed E-state index contributed by atoms with van der Waals surface area (Å²) in [5.74, 6) is 1.27. The molecule has 1 aliphatic rings. The first-order chi connectivity index (χ1) is 12.5. The molecule has 4 heterocycles. The van der Waals surface area contributed by atoms with Crippen LogP contribution in [0.25, 0.3) is 11.5 Å². The minimum absolute atomic E-state index is 0.217. The van der Waals surface area contributed by atoms with Gasteiger partial charge in [-0.25, -0.2) is 4.68 Å². The highest BCUT2D eigenvalue weighted by molar-refractivity contribution is 5.49. The zero-order valence-corrected chi connectivity index (χ0v) is 15.0. The maximum atomic E-state index is 11.1. The van der Waals surface area contributed by atoms with Crippen LogP contribution in [0, 0.1) is 0 Å². The van der Waals surface area contributed by atoms with Crippen LogP contribution in [0.2, 0.25) is 0 Å². The van der Waals surface area contributed by atoms with Crippen molar-refractivity contribution in [3.63, 3.8) is 0 Å². The molecule has 1 saturated heterocycles. The van der Waals surface area contributed by atoms with E-state index < -0.39 is 5.60 Å². The second kappa shape index (κ2) is 6.69. The molecule has 4 rings (SSSR count). The van der Waals surface area contributed by atoms with Gasteiger partial charge in [-0.05, 0) is 45.4 Å². The molecule has 8 nitrogen and oxygen atoms in total. The molecule has 3 aromatic heterocycles. The Hall–Kier alpha value is -2.45. The molecule has 1 fully saturated rings. The summed E-state index contributed by atoms with van der Waals surface area (Å²) in [4.78, 5) is 2.17. The quantitative estimate of drug-likeness (QED) is 0.750. The fourth-order valence-corrected chi connectivity index (χ4v) is 3.36. The van der Waals surface area contributed by atoms with E-state index in [2.05, 4.69) is 20.4 Å². The van der Waals surface area contributed by atoms with Gasteiger partial charge >= 0.3 is 0 Å². The summed E-state index contributed by atoms with van der Waals surface area (Å²) < 4.78 is 12.5. The third-order valence-electron chi connectivity index (χ3n) is 4.77. The second-order valence-electron chi connectivity index (χ2n) is 7.18. The van der Waals surface area contributed by atoms with Crippen molar-refractivity contribution in [3.05, 3.63) is 42.0 Å². The Morgan fingerprint density at radius 2 is 2.23 bits per heavy atom. The summed E-state index contributed by atoms with van der Waals surface area (Å²) in [6.45, 7) is 6.06. The summed E-state index contributed by atoms with van der Waals surface area (Å²) in [6.07, 6.45) is 5.01. The predicted octanol–water partition coefficient (Wildman–Crippen LogP) is 2.59. The second-order valence-corrected chi connectivity index (χ2v) is 7.18. The Kier molecular flexibility index (Phi) is 4.37. The highest BCUT2D eigenvalue weighted by Gasteiger charge is 2.37. The molecular formula is C18H23N5O3. The monoisotopic (exact) mass is 357 g/mol. The molecule has 1 N–H and O–H groups in total. The van der Waals surface area contributed by atoms with E-state index in [9.17, 15) is 5.11 Å². The molecule has 1 unspecified atom stereocenters. The topological polar surface area (TPSA) is 93.3 Å². The summed E-state index contributed by atoms with van der Waals surface area (Å²) >= 11 is 0. The van der Waals surface area contributed by atoms with Crippen LogP contribution >= 0.6 is 0 Å². The fraction of sp³-hybridized carbons (Fsp3) is 0.500. The smallest absolute Gasteiger partial charge is 0.202 e. The third-order valence-corrected chi connectivity index (χ3v) is 4.77. The zero-order valence-electron chi connectivity index (χ0n) is 15.0. The van der Waals surface area contributed by atoms with Crippen LogP contribution in [0.1, 0.15) is 44.1 Å². The van der Waals surface area contributed by atoms with E-state index in [4.69, 9.17) is 8.94 Å². The molecule has 0 aliphatic carbocycles. The van der Waals surface area contributed by atoms with Gasteiger partial charge in [-0.1, -0.05) is 10.4 Å². The molecule has 138 valence electrons. The minimum Gasteiger partial charge on any atom is -0.461 e. The molecule has 0 radical (unpaired) electrons. The Bertz CT molecular complexity index is 854. The Balaban J connectivity index is 1.46. The van der Waals surface area contributed by atoms with Gasteiger partial charge in [0.1, 0.15) is 11.3 Å². The number of furan rings is 1. The van der Waals surface area contributed by atoms with Crippen molar-refractivity contribution in [3.8, 4) is 11.5 Å².